The van der Waals surface area contributed by atoms with Gasteiger partial charge in [-0.15, -0.1) is 17.9 Å². The molecule has 2 aromatic carbocycles. The number of allylic oxidation sites excluding steroid dienone is 1. The Balaban J connectivity index is 2.06. The van der Waals surface area contributed by atoms with Crippen molar-refractivity contribution >= 4 is 38.7 Å². The number of rotatable bonds is 5. The molecule has 0 saturated heterocycles. The van der Waals surface area contributed by atoms with Crippen molar-refractivity contribution in [2.75, 3.05) is 0 Å². The molecule has 0 spiro atoms. The third-order valence-corrected chi connectivity index (χ3v) is 5.59. The van der Waals surface area contributed by atoms with Crippen LogP contribution in [0.4, 0.5) is 5.69 Å². The van der Waals surface area contributed by atoms with Crippen LogP contribution in [-0.2, 0) is 16.7 Å². The fourth-order valence-electron chi connectivity index (χ4n) is 2.38. The highest BCUT2D eigenvalue weighted by molar-refractivity contribution is 7.85. The topological polar surface area (TPSA) is 71.7 Å². The summed E-state index contributed by atoms with van der Waals surface area (Å²) in [6, 6.07) is 13.3. The van der Waals surface area contributed by atoms with Crippen molar-refractivity contribution in [3.8, 4) is 11.3 Å². The van der Waals surface area contributed by atoms with Gasteiger partial charge in [0.15, 0.2) is 4.80 Å². The van der Waals surface area contributed by atoms with Crippen LogP contribution >= 0.6 is 22.9 Å². The molecule has 0 radical (unpaired) electrons. The molecule has 8 heteroatoms. The number of aromatic nitrogens is 1. The van der Waals surface area contributed by atoms with Gasteiger partial charge < -0.3 is 4.57 Å². The molecule has 0 aliphatic carbocycles. The molecule has 3 aromatic rings. The number of nitrogens with zero attached hydrogens (tertiary/aromatic N) is 2. The summed E-state index contributed by atoms with van der Waals surface area (Å²) in [6.07, 6.45) is 1.78. The van der Waals surface area contributed by atoms with Crippen LogP contribution in [0.15, 0.2) is 76.5 Å². The molecule has 0 amide bonds. The number of halogens is 1. The monoisotopic (exact) mass is 406 g/mol. The van der Waals surface area contributed by atoms with E-state index in [1.165, 1.54) is 23.5 Å². The van der Waals surface area contributed by atoms with E-state index in [-0.39, 0.29) is 4.90 Å². The molecule has 0 atom stereocenters. The first-order valence-electron chi connectivity index (χ1n) is 7.56. The third-order valence-electron chi connectivity index (χ3n) is 3.61. The minimum atomic E-state index is -4.21. The van der Waals surface area contributed by atoms with Gasteiger partial charge in [-0.3, -0.25) is 4.55 Å². The van der Waals surface area contributed by atoms with Gasteiger partial charge in [0, 0.05) is 16.9 Å². The first-order chi connectivity index (χ1) is 12.4. The van der Waals surface area contributed by atoms with Gasteiger partial charge in [-0.2, -0.15) is 8.42 Å². The normalized spacial score (nSPS) is 12.3. The Hall–Kier alpha value is -2.19. The van der Waals surface area contributed by atoms with Crippen molar-refractivity contribution in [2.45, 2.75) is 11.4 Å². The highest BCUT2D eigenvalue weighted by Gasteiger charge is 2.09. The zero-order valence-electron chi connectivity index (χ0n) is 13.5. The predicted molar refractivity (Wildman–Crippen MR) is 104 cm³/mol. The second kappa shape index (κ2) is 7.59. The molecule has 134 valence electrons. The van der Waals surface area contributed by atoms with Gasteiger partial charge in [0.1, 0.15) is 0 Å². The van der Waals surface area contributed by atoms with E-state index in [1.54, 1.807) is 18.2 Å². The smallest absolute Gasteiger partial charge is 0.294 e. The first-order valence-corrected chi connectivity index (χ1v) is 10.3. The van der Waals surface area contributed by atoms with Crippen LogP contribution in [0.3, 0.4) is 0 Å². The molecule has 0 bridgehead atoms. The molecule has 1 heterocycles. The molecule has 1 aromatic heterocycles. The van der Waals surface area contributed by atoms with Gasteiger partial charge in [0.05, 0.1) is 16.3 Å². The summed E-state index contributed by atoms with van der Waals surface area (Å²) in [5, 5.41) is 2.67. The molecule has 0 saturated carbocycles. The van der Waals surface area contributed by atoms with Gasteiger partial charge in [-0.25, -0.2) is 4.99 Å². The zero-order chi connectivity index (χ0) is 18.7. The maximum Gasteiger partial charge on any atom is 0.294 e. The van der Waals surface area contributed by atoms with E-state index >= 15 is 0 Å². The minimum absolute atomic E-state index is 0.163. The van der Waals surface area contributed by atoms with Gasteiger partial charge in [0.2, 0.25) is 0 Å². The van der Waals surface area contributed by atoms with Crippen molar-refractivity contribution in [3.63, 3.8) is 0 Å². The summed E-state index contributed by atoms with van der Waals surface area (Å²) < 4.78 is 33.3. The van der Waals surface area contributed by atoms with Gasteiger partial charge >= 0.3 is 0 Å². The molecule has 0 aliphatic heterocycles. The Morgan fingerprint density at radius 2 is 1.81 bits per heavy atom. The molecule has 0 fully saturated rings. The van der Waals surface area contributed by atoms with Crippen LogP contribution in [0.25, 0.3) is 11.3 Å². The number of hydrogen-bond acceptors (Lipinski definition) is 4. The van der Waals surface area contributed by atoms with Crippen molar-refractivity contribution in [1.29, 1.82) is 0 Å². The lowest BCUT2D eigenvalue weighted by Gasteiger charge is -2.06. The Kier molecular flexibility index (Phi) is 5.43. The van der Waals surface area contributed by atoms with Crippen LogP contribution in [0.5, 0.6) is 0 Å². The zero-order valence-corrected chi connectivity index (χ0v) is 15.9. The summed E-state index contributed by atoms with van der Waals surface area (Å²) in [4.78, 5) is 5.16. The van der Waals surface area contributed by atoms with Crippen LogP contribution in [-0.4, -0.2) is 17.5 Å². The third kappa shape index (κ3) is 4.13. The predicted octanol–water partition coefficient (Wildman–Crippen LogP) is 4.54. The van der Waals surface area contributed by atoms with Crippen molar-refractivity contribution in [2.24, 2.45) is 4.99 Å². The lowest BCUT2D eigenvalue weighted by molar-refractivity contribution is 0.483. The number of thiazole rings is 1. The lowest BCUT2D eigenvalue weighted by Crippen LogP contribution is -2.14. The Bertz CT molecular complexity index is 1100. The van der Waals surface area contributed by atoms with Crippen molar-refractivity contribution in [3.05, 3.63) is 76.4 Å². The average Bonchev–Trinajstić information content (AvgIpc) is 2.98. The van der Waals surface area contributed by atoms with E-state index in [4.69, 9.17) is 16.2 Å². The maximum absolute atomic E-state index is 11.1. The molecular formula is C18H15ClN2O3S2. The summed E-state index contributed by atoms with van der Waals surface area (Å²) in [7, 11) is -4.21. The second-order valence-electron chi connectivity index (χ2n) is 5.39. The standard InChI is InChI=1S/C18H15ClN2O3S2/c1-2-11-21-17(13-3-5-14(19)6-4-13)12-25-18(21)20-15-7-9-16(10-8-15)26(22,23)24/h2-10,12H,1,11H2,(H,22,23,24). The van der Waals surface area contributed by atoms with Crippen molar-refractivity contribution in [1.82, 2.24) is 4.57 Å². The Morgan fingerprint density at radius 3 is 2.38 bits per heavy atom. The molecule has 5 nitrogen and oxygen atoms in total. The van der Waals surface area contributed by atoms with E-state index in [1.807, 2.05) is 34.2 Å². The molecule has 1 N–H and O–H groups in total. The molecule has 0 unspecified atom stereocenters. The van der Waals surface area contributed by atoms with Gasteiger partial charge in [0.25, 0.3) is 10.1 Å². The molecule has 26 heavy (non-hydrogen) atoms. The van der Waals surface area contributed by atoms with Gasteiger partial charge in [-0.1, -0.05) is 29.8 Å². The van der Waals surface area contributed by atoms with Gasteiger partial charge in [-0.05, 0) is 42.0 Å². The fraction of sp³-hybridized carbons (Fsp3) is 0.0556. The SMILES string of the molecule is C=CCn1c(-c2ccc(Cl)cc2)csc1=Nc1ccc(S(=O)(=O)O)cc1. The minimum Gasteiger partial charge on any atom is -0.313 e. The summed E-state index contributed by atoms with van der Waals surface area (Å²) in [5.41, 5.74) is 2.58. The largest absolute Gasteiger partial charge is 0.313 e. The lowest BCUT2D eigenvalue weighted by atomic mass is 10.2. The van der Waals surface area contributed by atoms with Crippen LogP contribution in [0, 0.1) is 0 Å². The highest BCUT2D eigenvalue weighted by atomic mass is 35.5. The summed E-state index contributed by atoms with van der Waals surface area (Å²) >= 11 is 7.43. The quantitative estimate of drug-likeness (QED) is 0.499. The van der Waals surface area contributed by atoms with E-state index in [2.05, 4.69) is 11.6 Å². The summed E-state index contributed by atoms with van der Waals surface area (Å²) in [6.45, 7) is 4.37. The molecular weight excluding hydrogens is 392 g/mol. The summed E-state index contributed by atoms with van der Waals surface area (Å²) in [5.74, 6) is 0. The van der Waals surface area contributed by atoms with E-state index in [0.717, 1.165) is 16.1 Å². The van der Waals surface area contributed by atoms with E-state index < -0.39 is 10.1 Å². The Morgan fingerprint density at radius 1 is 1.15 bits per heavy atom. The van der Waals surface area contributed by atoms with Crippen LogP contribution in [0.1, 0.15) is 0 Å². The average molecular weight is 407 g/mol. The first kappa shape index (κ1) is 18.6. The van der Waals surface area contributed by atoms with E-state index in [9.17, 15) is 8.42 Å². The van der Waals surface area contributed by atoms with Crippen molar-refractivity contribution < 1.29 is 13.0 Å². The van der Waals surface area contributed by atoms with Crippen LogP contribution < -0.4 is 4.80 Å². The Labute approximate surface area is 160 Å². The maximum atomic E-state index is 11.1. The highest BCUT2D eigenvalue weighted by Crippen LogP contribution is 2.23. The second-order valence-corrected chi connectivity index (χ2v) is 8.08. The number of benzene rings is 2. The van der Waals surface area contributed by atoms with E-state index in [0.29, 0.717) is 17.3 Å². The number of hydrogen-bond donors (Lipinski definition) is 1. The molecule has 0 aliphatic rings. The molecule has 3 rings (SSSR count). The fourth-order valence-corrected chi connectivity index (χ4v) is 3.92. The van der Waals surface area contributed by atoms with Crippen LogP contribution in [0.2, 0.25) is 5.02 Å².